The van der Waals surface area contributed by atoms with Crippen LogP contribution in [0.3, 0.4) is 0 Å². The van der Waals surface area contributed by atoms with Gasteiger partial charge in [0.2, 0.25) is 21.8 Å². The van der Waals surface area contributed by atoms with E-state index in [4.69, 9.17) is 0 Å². The average molecular weight is 514 g/mol. The van der Waals surface area contributed by atoms with Crippen molar-refractivity contribution in [1.82, 2.24) is 10.2 Å². The van der Waals surface area contributed by atoms with E-state index in [1.807, 2.05) is 57.2 Å². The van der Waals surface area contributed by atoms with E-state index in [9.17, 15) is 18.0 Å². The molecule has 0 bridgehead atoms. The molecule has 0 spiro atoms. The molecule has 1 N–H and O–H groups in total. The van der Waals surface area contributed by atoms with Crippen molar-refractivity contribution in [3.63, 3.8) is 0 Å². The second-order valence-electron chi connectivity index (χ2n) is 9.81. The lowest BCUT2D eigenvalue weighted by Crippen LogP contribution is -2.53. The summed E-state index contributed by atoms with van der Waals surface area (Å²) in [5.41, 5.74) is 3.29. The van der Waals surface area contributed by atoms with Crippen LogP contribution in [0.1, 0.15) is 62.1 Å². The van der Waals surface area contributed by atoms with E-state index >= 15 is 0 Å². The maximum Gasteiger partial charge on any atom is 0.244 e. The van der Waals surface area contributed by atoms with E-state index in [1.165, 1.54) is 11.3 Å². The number of benzene rings is 2. The molecule has 2 amide bonds. The molecule has 36 heavy (non-hydrogen) atoms. The minimum absolute atomic E-state index is 0.122. The summed E-state index contributed by atoms with van der Waals surface area (Å²) in [5, 5.41) is 3.16. The first-order valence-electron chi connectivity index (χ1n) is 12.8. The predicted molar refractivity (Wildman–Crippen MR) is 144 cm³/mol. The molecule has 1 atom stereocenters. The van der Waals surface area contributed by atoms with Gasteiger partial charge in [-0.3, -0.25) is 13.9 Å². The van der Waals surface area contributed by atoms with Crippen LogP contribution in [0.2, 0.25) is 0 Å². The molecule has 196 valence electrons. The summed E-state index contributed by atoms with van der Waals surface area (Å²) in [6.07, 6.45) is 6.79. The number of nitrogens with one attached hydrogen (secondary N) is 1. The first-order valence-corrected chi connectivity index (χ1v) is 14.6. The monoisotopic (exact) mass is 513 g/mol. The lowest BCUT2D eigenvalue weighted by atomic mass is 9.95. The average Bonchev–Trinajstić information content (AvgIpc) is 2.84. The quantitative estimate of drug-likeness (QED) is 0.512. The van der Waals surface area contributed by atoms with Crippen LogP contribution in [0.25, 0.3) is 0 Å². The number of carbonyl (C=O) groups excluding carboxylic acids is 2. The van der Waals surface area contributed by atoms with Crippen LogP contribution in [0, 0.1) is 13.8 Å². The SMILES string of the molecule is CCC(C(=O)NC1CCCCC1)N(Cc1ccccc1)C(=O)CN(c1ccc(C)c(C)c1)S(C)(=O)=O. The standard InChI is InChI=1S/C28H39N3O4S/c1-5-26(28(33)29-24-14-10-7-11-15-24)30(19-23-12-8-6-9-13-23)27(32)20-31(36(4,34)35)25-17-16-21(2)22(3)18-25/h6,8-9,12-13,16-18,24,26H,5,7,10-11,14-15,19-20H2,1-4H3,(H,29,33). The Morgan fingerprint density at radius 2 is 1.67 bits per heavy atom. The van der Waals surface area contributed by atoms with Crippen LogP contribution in [0.15, 0.2) is 48.5 Å². The Morgan fingerprint density at radius 1 is 1.00 bits per heavy atom. The fourth-order valence-electron chi connectivity index (χ4n) is 4.74. The van der Waals surface area contributed by atoms with Gasteiger partial charge in [0, 0.05) is 12.6 Å². The van der Waals surface area contributed by atoms with Gasteiger partial charge in [-0.1, -0.05) is 62.6 Å². The smallest absolute Gasteiger partial charge is 0.244 e. The molecule has 2 aromatic rings. The van der Waals surface area contributed by atoms with E-state index in [1.54, 1.807) is 12.1 Å². The molecule has 0 radical (unpaired) electrons. The molecule has 1 fully saturated rings. The summed E-state index contributed by atoms with van der Waals surface area (Å²) in [4.78, 5) is 28.7. The Hall–Kier alpha value is -2.87. The van der Waals surface area contributed by atoms with Gasteiger partial charge in [-0.15, -0.1) is 0 Å². The maximum atomic E-state index is 13.8. The number of anilines is 1. The molecule has 0 aromatic heterocycles. The van der Waals surface area contributed by atoms with Gasteiger partial charge in [-0.05, 0) is 61.9 Å². The maximum absolute atomic E-state index is 13.8. The van der Waals surface area contributed by atoms with Gasteiger partial charge in [-0.2, -0.15) is 0 Å². The van der Waals surface area contributed by atoms with Gasteiger partial charge >= 0.3 is 0 Å². The number of carbonyl (C=O) groups is 2. The van der Waals surface area contributed by atoms with Crippen LogP contribution in [0.4, 0.5) is 5.69 Å². The molecule has 0 saturated heterocycles. The van der Waals surface area contributed by atoms with Crippen LogP contribution < -0.4 is 9.62 Å². The Bertz CT molecular complexity index is 1140. The highest BCUT2D eigenvalue weighted by Crippen LogP contribution is 2.23. The molecule has 1 aliphatic rings. The van der Waals surface area contributed by atoms with Crippen LogP contribution in [-0.4, -0.2) is 50.0 Å². The van der Waals surface area contributed by atoms with Gasteiger partial charge in [0.25, 0.3) is 0 Å². The number of hydrogen-bond donors (Lipinski definition) is 1. The highest BCUT2D eigenvalue weighted by atomic mass is 32.2. The summed E-state index contributed by atoms with van der Waals surface area (Å²) in [6.45, 7) is 5.59. The molecule has 3 rings (SSSR count). The Labute approximate surface area is 215 Å². The molecule has 7 nitrogen and oxygen atoms in total. The van der Waals surface area contributed by atoms with Gasteiger partial charge in [0.15, 0.2) is 0 Å². The first kappa shape index (κ1) is 27.7. The van der Waals surface area contributed by atoms with E-state index in [0.717, 1.165) is 52.9 Å². The number of rotatable bonds is 10. The number of nitrogens with zero attached hydrogens (tertiary/aromatic N) is 2. The molecule has 0 heterocycles. The van der Waals surface area contributed by atoms with E-state index < -0.39 is 22.0 Å². The van der Waals surface area contributed by atoms with Crippen molar-refractivity contribution in [3.05, 3.63) is 65.2 Å². The van der Waals surface area contributed by atoms with Crippen LogP contribution in [-0.2, 0) is 26.2 Å². The largest absolute Gasteiger partial charge is 0.352 e. The zero-order valence-electron chi connectivity index (χ0n) is 21.9. The molecular formula is C28H39N3O4S. The Morgan fingerprint density at radius 3 is 2.25 bits per heavy atom. The molecule has 2 aromatic carbocycles. The van der Waals surface area contributed by atoms with Gasteiger partial charge in [0.05, 0.1) is 11.9 Å². The van der Waals surface area contributed by atoms with Crippen molar-refractivity contribution in [2.24, 2.45) is 0 Å². The minimum Gasteiger partial charge on any atom is -0.352 e. The summed E-state index contributed by atoms with van der Waals surface area (Å²) < 4.78 is 26.6. The summed E-state index contributed by atoms with van der Waals surface area (Å²) in [5.74, 6) is -0.584. The summed E-state index contributed by atoms with van der Waals surface area (Å²) >= 11 is 0. The van der Waals surface area contributed by atoms with Crippen LogP contribution in [0.5, 0.6) is 0 Å². The van der Waals surface area contributed by atoms with Crippen molar-refractivity contribution >= 4 is 27.5 Å². The van der Waals surface area contributed by atoms with E-state index in [2.05, 4.69) is 5.32 Å². The summed E-state index contributed by atoms with van der Waals surface area (Å²) in [6, 6.07) is 14.3. The predicted octanol–water partition coefficient (Wildman–Crippen LogP) is 4.33. The normalized spacial score (nSPS) is 15.2. The Kier molecular flexibility index (Phi) is 9.54. The molecule has 1 aliphatic carbocycles. The third-order valence-electron chi connectivity index (χ3n) is 6.99. The van der Waals surface area contributed by atoms with Crippen molar-refractivity contribution in [2.75, 3.05) is 17.1 Å². The fourth-order valence-corrected chi connectivity index (χ4v) is 5.58. The zero-order valence-corrected chi connectivity index (χ0v) is 22.7. The third kappa shape index (κ3) is 7.32. The second-order valence-corrected chi connectivity index (χ2v) is 11.7. The van der Waals surface area contributed by atoms with Crippen molar-refractivity contribution in [2.45, 2.75) is 77.9 Å². The Balaban J connectivity index is 1.90. The fraction of sp³-hybridized carbons (Fsp3) is 0.500. The number of aryl methyl sites for hydroxylation is 2. The van der Waals surface area contributed by atoms with Crippen LogP contribution >= 0.6 is 0 Å². The van der Waals surface area contributed by atoms with Crippen molar-refractivity contribution in [1.29, 1.82) is 0 Å². The van der Waals surface area contributed by atoms with Gasteiger partial charge in [-0.25, -0.2) is 8.42 Å². The van der Waals surface area contributed by atoms with Crippen molar-refractivity contribution in [3.8, 4) is 0 Å². The molecule has 0 aliphatic heterocycles. The number of sulfonamides is 1. The number of hydrogen-bond acceptors (Lipinski definition) is 4. The minimum atomic E-state index is -3.74. The summed E-state index contributed by atoms with van der Waals surface area (Å²) in [7, 11) is -3.74. The molecule has 1 saturated carbocycles. The molecular weight excluding hydrogens is 474 g/mol. The lowest BCUT2D eigenvalue weighted by molar-refractivity contribution is -0.140. The van der Waals surface area contributed by atoms with Gasteiger partial charge in [0.1, 0.15) is 12.6 Å². The van der Waals surface area contributed by atoms with E-state index in [-0.39, 0.29) is 25.0 Å². The van der Waals surface area contributed by atoms with Crippen molar-refractivity contribution < 1.29 is 18.0 Å². The molecule has 1 unspecified atom stereocenters. The zero-order chi connectivity index (χ0) is 26.3. The molecule has 8 heteroatoms. The topological polar surface area (TPSA) is 86.8 Å². The highest BCUT2D eigenvalue weighted by molar-refractivity contribution is 7.92. The highest BCUT2D eigenvalue weighted by Gasteiger charge is 2.32. The number of amides is 2. The second kappa shape index (κ2) is 12.4. The lowest BCUT2D eigenvalue weighted by Gasteiger charge is -2.34. The van der Waals surface area contributed by atoms with E-state index in [0.29, 0.717) is 12.1 Å². The first-order chi connectivity index (χ1) is 17.1. The third-order valence-corrected chi connectivity index (χ3v) is 8.13. The van der Waals surface area contributed by atoms with Gasteiger partial charge < -0.3 is 10.2 Å².